The lowest BCUT2D eigenvalue weighted by Crippen LogP contribution is -2.41. The number of hydrogen-bond donors (Lipinski definition) is 0. The van der Waals surface area contributed by atoms with Gasteiger partial charge in [0, 0.05) is 44.4 Å². The fraction of sp³-hybridized carbons (Fsp3) is 0.625. The molecule has 1 unspecified atom stereocenters. The third-order valence-electron chi connectivity index (χ3n) is 5.14. The van der Waals surface area contributed by atoms with Gasteiger partial charge in [0.05, 0.1) is 6.33 Å². The zero-order valence-corrected chi connectivity index (χ0v) is 13.4. The second-order valence-corrected chi connectivity index (χ2v) is 6.52. The maximum absolute atomic E-state index is 12.6. The smallest absolute Gasteiger partial charge is 0.245 e. The molecular weight excluding hydrogens is 292 g/mol. The lowest BCUT2D eigenvalue weighted by atomic mass is 9.95. The zero-order valence-electron chi connectivity index (χ0n) is 13.4. The molecule has 2 aromatic heterocycles. The molecule has 1 amide bonds. The van der Waals surface area contributed by atoms with E-state index in [9.17, 15) is 4.79 Å². The van der Waals surface area contributed by atoms with Gasteiger partial charge in [-0.15, -0.1) is 10.2 Å². The first-order chi connectivity index (χ1) is 11.2. The number of piperidine rings is 1. The minimum absolute atomic E-state index is 0.174. The number of carbonyl (C=O) groups excluding carboxylic acids is 1. The molecule has 7 nitrogen and oxygen atoms in total. The van der Waals surface area contributed by atoms with Gasteiger partial charge >= 0.3 is 0 Å². The second kappa shape index (κ2) is 5.79. The first-order valence-electron chi connectivity index (χ1n) is 8.42. The Kier molecular flexibility index (Phi) is 3.63. The maximum Gasteiger partial charge on any atom is 0.245 e. The summed E-state index contributed by atoms with van der Waals surface area (Å²) in [6.07, 6.45) is 9.43. The Labute approximate surface area is 135 Å². The number of amides is 1. The molecule has 1 saturated heterocycles. The quantitative estimate of drug-likeness (QED) is 0.858. The number of aryl methyl sites for hydroxylation is 1. The SMILES string of the molecule is CC(C(=O)N1CCC(c2nnc3n2CCC3)CC1)n1ccnc1. The average molecular weight is 314 g/mol. The summed E-state index contributed by atoms with van der Waals surface area (Å²) in [4.78, 5) is 18.6. The van der Waals surface area contributed by atoms with Gasteiger partial charge in [0.15, 0.2) is 0 Å². The molecule has 7 heteroatoms. The summed E-state index contributed by atoms with van der Waals surface area (Å²) in [6, 6.07) is -0.189. The molecule has 1 fully saturated rings. The first kappa shape index (κ1) is 14.4. The van der Waals surface area contributed by atoms with Crippen LogP contribution in [0.2, 0.25) is 0 Å². The van der Waals surface area contributed by atoms with Crippen molar-refractivity contribution in [3.8, 4) is 0 Å². The van der Waals surface area contributed by atoms with E-state index in [0.717, 1.165) is 50.5 Å². The minimum atomic E-state index is -0.189. The molecule has 23 heavy (non-hydrogen) atoms. The number of imidazole rings is 1. The van der Waals surface area contributed by atoms with E-state index in [0.29, 0.717) is 5.92 Å². The van der Waals surface area contributed by atoms with E-state index in [4.69, 9.17) is 0 Å². The van der Waals surface area contributed by atoms with Crippen molar-refractivity contribution < 1.29 is 4.79 Å². The van der Waals surface area contributed by atoms with Gasteiger partial charge in [0.1, 0.15) is 17.7 Å². The summed E-state index contributed by atoms with van der Waals surface area (Å²) in [5, 5.41) is 8.71. The third kappa shape index (κ3) is 2.54. The predicted octanol–water partition coefficient (Wildman–Crippen LogP) is 1.39. The van der Waals surface area contributed by atoms with Crippen molar-refractivity contribution in [2.75, 3.05) is 13.1 Å². The van der Waals surface area contributed by atoms with Crippen LogP contribution in [0.5, 0.6) is 0 Å². The van der Waals surface area contributed by atoms with Gasteiger partial charge in [-0.3, -0.25) is 4.79 Å². The van der Waals surface area contributed by atoms with Crippen LogP contribution < -0.4 is 0 Å². The van der Waals surface area contributed by atoms with Crippen LogP contribution in [-0.4, -0.2) is 48.2 Å². The lowest BCUT2D eigenvalue weighted by Gasteiger charge is -2.33. The van der Waals surface area contributed by atoms with E-state index in [-0.39, 0.29) is 11.9 Å². The highest BCUT2D eigenvalue weighted by molar-refractivity contribution is 5.80. The molecule has 2 aliphatic heterocycles. The fourth-order valence-corrected chi connectivity index (χ4v) is 3.72. The molecule has 4 rings (SSSR count). The number of carbonyl (C=O) groups is 1. The molecule has 0 saturated carbocycles. The number of nitrogens with zero attached hydrogens (tertiary/aromatic N) is 6. The molecule has 0 aromatic carbocycles. The van der Waals surface area contributed by atoms with E-state index in [1.807, 2.05) is 22.6 Å². The van der Waals surface area contributed by atoms with E-state index in [1.165, 1.54) is 6.42 Å². The molecule has 2 aliphatic rings. The summed E-state index contributed by atoms with van der Waals surface area (Å²) in [5.41, 5.74) is 0. The van der Waals surface area contributed by atoms with E-state index in [1.54, 1.807) is 12.5 Å². The largest absolute Gasteiger partial charge is 0.341 e. The summed E-state index contributed by atoms with van der Waals surface area (Å²) in [5.74, 6) is 2.87. The van der Waals surface area contributed by atoms with Crippen LogP contribution in [0.1, 0.15) is 49.8 Å². The highest BCUT2D eigenvalue weighted by Crippen LogP contribution is 2.30. The summed E-state index contributed by atoms with van der Waals surface area (Å²) in [6.45, 7) is 4.57. The van der Waals surface area contributed by atoms with Crippen LogP contribution in [0.3, 0.4) is 0 Å². The summed E-state index contributed by atoms with van der Waals surface area (Å²) < 4.78 is 4.15. The minimum Gasteiger partial charge on any atom is -0.341 e. The average Bonchev–Trinajstić information content (AvgIpc) is 3.30. The van der Waals surface area contributed by atoms with Crippen molar-refractivity contribution in [1.29, 1.82) is 0 Å². The molecule has 4 heterocycles. The van der Waals surface area contributed by atoms with Crippen LogP contribution in [-0.2, 0) is 17.8 Å². The molecule has 0 bridgehead atoms. The summed E-state index contributed by atoms with van der Waals surface area (Å²) >= 11 is 0. The van der Waals surface area contributed by atoms with Gasteiger partial charge in [-0.25, -0.2) is 4.98 Å². The Bertz CT molecular complexity index is 683. The highest BCUT2D eigenvalue weighted by atomic mass is 16.2. The molecule has 0 aliphatic carbocycles. The normalized spacial score (nSPS) is 19.8. The van der Waals surface area contributed by atoms with Crippen LogP contribution in [0.25, 0.3) is 0 Å². The van der Waals surface area contributed by atoms with Gasteiger partial charge in [0.2, 0.25) is 5.91 Å². The Hall–Kier alpha value is -2.18. The molecular formula is C16H22N6O. The van der Waals surface area contributed by atoms with Crippen molar-refractivity contribution >= 4 is 5.91 Å². The number of aromatic nitrogens is 5. The molecule has 0 radical (unpaired) electrons. The van der Waals surface area contributed by atoms with Gasteiger partial charge < -0.3 is 14.0 Å². The van der Waals surface area contributed by atoms with Crippen LogP contribution in [0, 0.1) is 0 Å². The molecule has 122 valence electrons. The summed E-state index contributed by atoms with van der Waals surface area (Å²) in [7, 11) is 0. The van der Waals surface area contributed by atoms with Crippen molar-refractivity contribution in [2.24, 2.45) is 0 Å². The number of fused-ring (bicyclic) bond motifs is 1. The van der Waals surface area contributed by atoms with Gasteiger partial charge in [0.25, 0.3) is 0 Å². The Balaban J connectivity index is 1.40. The number of rotatable bonds is 3. The van der Waals surface area contributed by atoms with Gasteiger partial charge in [-0.05, 0) is 26.2 Å². The van der Waals surface area contributed by atoms with E-state index < -0.39 is 0 Å². The van der Waals surface area contributed by atoms with Crippen LogP contribution in [0.4, 0.5) is 0 Å². The van der Waals surface area contributed by atoms with Crippen molar-refractivity contribution in [2.45, 2.75) is 51.1 Å². The molecule has 2 aromatic rings. The Morgan fingerprint density at radius 1 is 1.26 bits per heavy atom. The van der Waals surface area contributed by atoms with Gasteiger partial charge in [-0.1, -0.05) is 0 Å². The standard InChI is InChI=1S/C16H22N6O/c1-12(21-10-6-17-11-21)16(23)20-8-4-13(5-9-20)15-19-18-14-3-2-7-22(14)15/h6,10-13H,2-5,7-9H2,1H3. The zero-order chi connectivity index (χ0) is 15.8. The van der Waals surface area contributed by atoms with E-state index in [2.05, 4.69) is 19.7 Å². The van der Waals surface area contributed by atoms with Gasteiger partial charge in [-0.2, -0.15) is 0 Å². The molecule has 0 N–H and O–H groups in total. The van der Waals surface area contributed by atoms with Crippen LogP contribution >= 0.6 is 0 Å². The van der Waals surface area contributed by atoms with Crippen LogP contribution in [0.15, 0.2) is 18.7 Å². The van der Waals surface area contributed by atoms with Crippen molar-refractivity contribution in [3.05, 3.63) is 30.4 Å². The Morgan fingerprint density at radius 3 is 2.83 bits per heavy atom. The topological polar surface area (TPSA) is 68.8 Å². The first-order valence-corrected chi connectivity index (χ1v) is 8.42. The highest BCUT2D eigenvalue weighted by Gasteiger charge is 2.30. The van der Waals surface area contributed by atoms with E-state index >= 15 is 0 Å². The van der Waals surface area contributed by atoms with Crippen molar-refractivity contribution in [1.82, 2.24) is 29.2 Å². The fourth-order valence-electron chi connectivity index (χ4n) is 3.72. The molecule has 1 atom stereocenters. The predicted molar refractivity (Wildman–Crippen MR) is 83.8 cm³/mol. The second-order valence-electron chi connectivity index (χ2n) is 6.52. The maximum atomic E-state index is 12.6. The van der Waals surface area contributed by atoms with Crippen molar-refractivity contribution in [3.63, 3.8) is 0 Å². The molecule has 0 spiro atoms. The number of likely N-dealkylation sites (tertiary alicyclic amines) is 1. The number of hydrogen-bond acceptors (Lipinski definition) is 4. The monoisotopic (exact) mass is 314 g/mol. The Morgan fingerprint density at radius 2 is 2.09 bits per heavy atom. The lowest BCUT2D eigenvalue weighted by molar-refractivity contribution is -0.135. The third-order valence-corrected chi connectivity index (χ3v) is 5.14.